The predicted octanol–water partition coefficient (Wildman–Crippen LogP) is 2.46. The van der Waals surface area contributed by atoms with Crippen molar-refractivity contribution in [3.05, 3.63) is 23.5 Å². The minimum absolute atomic E-state index is 0.135. The summed E-state index contributed by atoms with van der Waals surface area (Å²) in [6.45, 7) is 4.10. The van der Waals surface area contributed by atoms with E-state index in [2.05, 4.69) is 30.5 Å². The summed E-state index contributed by atoms with van der Waals surface area (Å²) in [6.07, 6.45) is 3.39. The largest absolute Gasteiger partial charge is 0.481 e. The number of carboxylic acid groups (broad SMARTS) is 1. The molecule has 0 unspecified atom stereocenters. The van der Waals surface area contributed by atoms with Gasteiger partial charge in [0, 0.05) is 11.4 Å². The van der Waals surface area contributed by atoms with E-state index in [9.17, 15) is 4.79 Å². The second-order valence-electron chi connectivity index (χ2n) is 4.60. The summed E-state index contributed by atoms with van der Waals surface area (Å²) >= 11 is 0. The molecule has 0 saturated heterocycles. The lowest BCUT2D eigenvalue weighted by Gasteiger charge is -2.44. The van der Waals surface area contributed by atoms with Crippen molar-refractivity contribution >= 4 is 5.97 Å². The van der Waals surface area contributed by atoms with Gasteiger partial charge in [-0.2, -0.15) is 0 Å². The van der Waals surface area contributed by atoms with Crippen molar-refractivity contribution in [2.45, 2.75) is 45.1 Å². The number of carboxylic acids is 1. The van der Waals surface area contributed by atoms with E-state index in [4.69, 9.17) is 5.11 Å². The maximum atomic E-state index is 10.9. The van der Waals surface area contributed by atoms with Gasteiger partial charge in [0.25, 0.3) is 0 Å². The quantitative estimate of drug-likeness (QED) is 0.827. The van der Waals surface area contributed by atoms with Crippen molar-refractivity contribution in [3.63, 3.8) is 0 Å². The molecule has 1 aliphatic carbocycles. The van der Waals surface area contributed by atoms with Crippen LogP contribution in [0, 0.1) is 13.8 Å². The molecule has 2 rings (SSSR count). The molecule has 82 valence electrons. The van der Waals surface area contributed by atoms with E-state index in [1.54, 1.807) is 0 Å². The van der Waals surface area contributed by atoms with Gasteiger partial charge >= 0.3 is 5.97 Å². The number of rotatable bonds is 3. The summed E-state index contributed by atoms with van der Waals surface area (Å²) in [7, 11) is 0. The van der Waals surface area contributed by atoms with E-state index >= 15 is 0 Å². The molecule has 1 heterocycles. The van der Waals surface area contributed by atoms with Gasteiger partial charge in [0.1, 0.15) is 0 Å². The highest BCUT2D eigenvalue weighted by atomic mass is 16.4. The number of hydrogen-bond donors (Lipinski definition) is 1. The number of aromatic nitrogens is 1. The van der Waals surface area contributed by atoms with Crippen LogP contribution in [0.1, 0.15) is 37.1 Å². The number of aryl methyl sites for hydroxylation is 2. The third kappa shape index (κ3) is 1.56. The topological polar surface area (TPSA) is 42.2 Å². The first kappa shape index (κ1) is 10.3. The third-order valence-electron chi connectivity index (χ3n) is 3.51. The second-order valence-corrected chi connectivity index (χ2v) is 4.60. The minimum Gasteiger partial charge on any atom is -0.481 e. The number of carbonyl (C=O) groups is 1. The molecule has 1 aromatic heterocycles. The molecule has 1 aromatic rings. The molecule has 3 nitrogen and oxygen atoms in total. The van der Waals surface area contributed by atoms with Crippen LogP contribution in [0.25, 0.3) is 0 Å². The monoisotopic (exact) mass is 207 g/mol. The molecule has 0 bridgehead atoms. The van der Waals surface area contributed by atoms with Crippen molar-refractivity contribution in [2.75, 3.05) is 0 Å². The standard InChI is InChI=1S/C12H17NO2/c1-9-4-5-10(2)13(9)12(6-3-7-12)8-11(14)15/h4-5H,3,6-8H2,1-2H3,(H,14,15). The Morgan fingerprint density at radius 1 is 1.40 bits per heavy atom. The molecule has 1 aliphatic rings. The molecule has 0 amide bonds. The minimum atomic E-state index is -0.692. The first-order valence-corrected chi connectivity index (χ1v) is 5.42. The van der Waals surface area contributed by atoms with Crippen LogP contribution in [0.2, 0.25) is 0 Å². The smallest absolute Gasteiger partial charge is 0.305 e. The Labute approximate surface area is 89.7 Å². The Balaban J connectivity index is 2.38. The van der Waals surface area contributed by atoms with Crippen LogP contribution in [-0.4, -0.2) is 15.6 Å². The fourth-order valence-electron chi connectivity index (χ4n) is 2.76. The molecule has 0 aromatic carbocycles. The summed E-state index contributed by atoms with van der Waals surface area (Å²) in [5.41, 5.74) is 2.21. The van der Waals surface area contributed by atoms with Gasteiger partial charge in [0.05, 0.1) is 12.0 Å². The highest BCUT2D eigenvalue weighted by molar-refractivity contribution is 5.68. The van der Waals surface area contributed by atoms with Crippen LogP contribution >= 0.6 is 0 Å². The van der Waals surface area contributed by atoms with Crippen LogP contribution < -0.4 is 0 Å². The summed E-state index contributed by atoms with van der Waals surface area (Å²) in [4.78, 5) is 10.9. The van der Waals surface area contributed by atoms with E-state index in [0.717, 1.165) is 19.3 Å². The highest BCUT2D eigenvalue weighted by Crippen LogP contribution is 2.43. The van der Waals surface area contributed by atoms with E-state index in [1.807, 2.05) is 0 Å². The lowest BCUT2D eigenvalue weighted by molar-refractivity contribution is -0.140. The first-order valence-electron chi connectivity index (χ1n) is 5.42. The third-order valence-corrected chi connectivity index (χ3v) is 3.51. The van der Waals surface area contributed by atoms with Gasteiger partial charge in [0.2, 0.25) is 0 Å². The zero-order valence-corrected chi connectivity index (χ0v) is 9.29. The average Bonchev–Trinajstić information content (AvgIpc) is 2.40. The first-order chi connectivity index (χ1) is 7.05. The van der Waals surface area contributed by atoms with Crippen molar-refractivity contribution in [3.8, 4) is 0 Å². The van der Waals surface area contributed by atoms with Crippen LogP contribution in [0.5, 0.6) is 0 Å². The van der Waals surface area contributed by atoms with E-state index in [-0.39, 0.29) is 12.0 Å². The van der Waals surface area contributed by atoms with Crippen molar-refractivity contribution in [1.82, 2.24) is 4.57 Å². The van der Waals surface area contributed by atoms with Crippen molar-refractivity contribution in [1.29, 1.82) is 0 Å². The Kier molecular flexibility index (Phi) is 2.33. The van der Waals surface area contributed by atoms with Gasteiger partial charge in [-0.1, -0.05) is 0 Å². The van der Waals surface area contributed by atoms with E-state index in [1.165, 1.54) is 11.4 Å². The molecule has 0 spiro atoms. The Morgan fingerprint density at radius 2 is 1.93 bits per heavy atom. The molecule has 0 radical (unpaired) electrons. The van der Waals surface area contributed by atoms with Gasteiger partial charge in [0.15, 0.2) is 0 Å². The van der Waals surface area contributed by atoms with Crippen molar-refractivity contribution < 1.29 is 9.90 Å². The SMILES string of the molecule is Cc1ccc(C)n1C1(CC(=O)O)CCC1. The van der Waals surface area contributed by atoms with Gasteiger partial charge < -0.3 is 9.67 Å². The Morgan fingerprint density at radius 3 is 2.27 bits per heavy atom. The molecule has 1 fully saturated rings. The zero-order chi connectivity index (χ0) is 11.1. The molecule has 0 aliphatic heterocycles. The molecule has 3 heteroatoms. The van der Waals surface area contributed by atoms with E-state index < -0.39 is 5.97 Å². The summed E-state index contributed by atoms with van der Waals surface area (Å²) in [6, 6.07) is 4.13. The predicted molar refractivity (Wildman–Crippen MR) is 58.0 cm³/mol. The van der Waals surface area contributed by atoms with Gasteiger partial charge in [-0.05, 0) is 45.2 Å². The van der Waals surface area contributed by atoms with Gasteiger partial charge in [-0.15, -0.1) is 0 Å². The van der Waals surface area contributed by atoms with Crippen LogP contribution in [-0.2, 0) is 10.3 Å². The summed E-state index contributed by atoms with van der Waals surface area (Å²) in [5.74, 6) is -0.692. The maximum Gasteiger partial charge on any atom is 0.305 e. The Hall–Kier alpha value is -1.25. The van der Waals surface area contributed by atoms with E-state index in [0.29, 0.717) is 0 Å². The van der Waals surface area contributed by atoms with Gasteiger partial charge in [-0.25, -0.2) is 0 Å². The van der Waals surface area contributed by atoms with Crippen LogP contribution in [0.4, 0.5) is 0 Å². The normalized spacial score (nSPS) is 18.5. The summed E-state index contributed by atoms with van der Waals surface area (Å²) < 4.78 is 2.21. The van der Waals surface area contributed by atoms with Crippen LogP contribution in [0.15, 0.2) is 12.1 Å². The zero-order valence-electron chi connectivity index (χ0n) is 9.29. The molecular formula is C12H17NO2. The Bertz CT molecular complexity index is 369. The average molecular weight is 207 g/mol. The van der Waals surface area contributed by atoms with Gasteiger partial charge in [-0.3, -0.25) is 4.79 Å². The number of nitrogens with zero attached hydrogens (tertiary/aromatic N) is 1. The fourth-order valence-corrected chi connectivity index (χ4v) is 2.76. The molecule has 15 heavy (non-hydrogen) atoms. The molecule has 1 saturated carbocycles. The maximum absolute atomic E-state index is 10.9. The van der Waals surface area contributed by atoms with Crippen molar-refractivity contribution in [2.24, 2.45) is 0 Å². The molecule has 1 N–H and O–H groups in total. The van der Waals surface area contributed by atoms with Crippen LogP contribution in [0.3, 0.4) is 0 Å². The lowest BCUT2D eigenvalue weighted by Crippen LogP contribution is -2.43. The number of aliphatic carboxylic acids is 1. The molecule has 0 atom stereocenters. The number of hydrogen-bond acceptors (Lipinski definition) is 1. The second kappa shape index (κ2) is 3.40. The highest BCUT2D eigenvalue weighted by Gasteiger charge is 2.41. The lowest BCUT2D eigenvalue weighted by atomic mass is 9.73. The fraction of sp³-hybridized carbons (Fsp3) is 0.583. The summed E-state index contributed by atoms with van der Waals surface area (Å²) in [5, 5.41) is 8.98. The molecular weight excluding hydrogens is 190 g/mol.